The number of likely N-dealkylation sites (tertiary alicyclic amines) is 1. The molecule has 0 aliphatic carbocycles. The van der Waals surface area contributed by atoms with Gasteiger partial charge in [0.2, 0.25) is 5.91 Å². The molecule has 0 unspecified atom stereocenters. The van der Waals surface area contributed by atoms with E-state index in [-0.39, 0.29) is 5.91 Å². The Bertz CT molecular complexity index is 629. The molecule has 0 spiro atoms. The fraction of sp³-hybridized carbons (Fsp3) is 0.421. The van der Waals surface area contributed by atoms with E-state index < -0.39 is 0 Å². The Labute approximate surface area is 142 Å². The summed E-state index contributed by atoms with van der Waals surface area (Å²) in [7, 11) is 1.68. The highest BCUT2D eigenvalue weighted by molar-refractivity contribution is 5.77. The number of furan rings is 1. The molecule has 1 amide bonds. The van der Waals surface area contributed by atoms with Crippen LogP contribution < -0.4 is 10.1 Å². The van der Waals surface area contributed by atoms with E-state index in [1.807, 2.05) is 24.3 Å². The van der Waals surface area contributed by atoms with E-state index in [1.54, 1.807) is 13.4 Å². The highest BCUT2D eigenvalue weighted by Crippen LogP contribution is 2.29. The first-order valence-corrected chi connectivity index (χ1v) is 8.40. The van der Waals surface area contributed by atoms with Crippen LogP contribution in [0.1, 0.15) is 30.1 Å². The molecule has 2 heterocycles. The lowest BCUT2D eigenvalue weighted by Gasteiger charge is -2.31. The summed E-state index contributed by atoms with van der Waals surface area (Å²) in [5, 5.41) is 2.90. The third kappa shape index (κ3) is 4.38. The van der Waals surface area contributed by atoms with Gasteiger partial charge in [-0.25, -0.2) is 0 Å². The van der Waals surface area contributed by atoms with Crippen LogP contribution in [-0.2, 0) is 11.3 Å². The number of methoxy groups -OCH3 is 1. The van der Waals surface area contributed by atoms with E-state index in [0.29, 0.717) is 19.0 Å². The molecule has 5 heteroatoms. The zero-order chi connectivity index (χ0) is 16.8. The molecule has 1 fully saturated rings. The number of nitrogens with one attached hydrogen (secondary N) is 1. The minimum atomic E-state index is 0.0503. The number of amides is 1. The fourth-order valence-electron chi connectivity index (χ4n) is 3.16. The van der Waals surface area contributed by atoms with E-state index in [2.05, 4.69) is 22.3 Å². The first-order chi connectivity index (χ1) is 11.7. The van der Waals surface area contributed by atoms with Crippen molar-refractivity contribution in [2.45, 2.75) is 25.3 Å². The highest BCUT2D eigenvalue weighted by atomic mass is 16.5. The van der Waals surface area contributed by atoms with Crippen molar-refractivity contribution in [2.75, 3.05) is 26.7 Å². The Morgan fingerprint density at radius 3 is 2.62 bits per heavy atom. The highest BCUT2D eigenvalue weighted by Gasteiger charge is 2.22. The van der Waals surface area contributed by atoms with Gasteiger partial charge < -0.3 is 14.5 Å². The van der Waals surface area contributed by atoms with E-state index in [9.17, 15) is 4.79 Å². The van der Waals surface area contributed by atoms with Crippen LogP contribution in [0.15, 0.2) is 47.1 Å². The Balaban J connectivity index is 1.42. The van der Waals surface area contributed by atoms with E-state index >= 15 is 0 Å². The monoisotopic (exact) mass is 328 g/mol. The van der Waals surface area contributed by atoms with Gasteiger partial charge in [0.15, 0.2) is 0 Å². The first-order valence-electron chi connectivity index (χ1n) is 8.40. The largest absolute Gasteiger partial charge is 0.497 e. The van der Waals surface area contributed by atoms with Crippen molar-refractivity contribution in [1.29, 1.82) is 0 Å². The Morgan fingerprint density at radius 1 is 1.25 bits per heavy atom. The summed E-state index contributed by atoms with van der Waals surface area (Å²) in [6.45, 7) is 2.81. The van der Waals surface area contributed by atoms with Crippen LogP contribution in [0.5, 0.6) is 5.75 Å². The van der Waals surface area contributed by atoms with Crippen LogP contribution in [0, 0.1) is 0 Å². The Hall–Kier alpha value is -2.27. The SMILES string of the molecule is COc1ccc(C2CCN(CC(=O)NCc3ccco3)CC2)cc1. The molecule has 1 aliphatic heterocycles. The van der Waals surface area contributed by atoms with Crippen LogP contribution in [0.2, 0.25) is 0 Å². The number of piperidine rings is 1. The number of rotatable bonds is 6. The lowest BCUT2D eigenvalue weighted by molar-refractivity contribution is -0.122. The lowest BCUT2D eigenvalue weighted by atomic mass is 9.89. The third-order valence-corrected chi connectivity index (χ3v) is 4.58. The first kappa shape index (κ1) is 16.6. The summed E-state index contributed by atoms with van der Waals surface area (Å²) in [6, 6.07) is 12.0. The zero-order valence-electron chi connectivity index (χ0n) is 14.0. The van der Waals surface area contributed by atoms with Gasteiger partial charge in [0.25, 0.3) is 0 Å². The molecule has 0 saturated carbocycles. The third-order valence-electron chi connectivity index (χ3n) is 4.58. The Morgan fingerprint density at radius 2 is 2.00 bits per heavy atom. The number of carbonyl (C=O) groups is 1. The normalized spacial score (nSPS) is 16.0. The zero-order valence-corrected chi connectivity index (χ0v) is 14.0. The number of benzene rings is 1. The average molecular weight is 328 g/mol. The minimum Gasteiger partial charge on any atom is -0.497 e. The van der Waals surface area contributed by atoms with Gasteiger partial charge in [-0.3, -0.25) is 9.69 Å². The summed E-state index contributed by atoms with van der Waals surface area (Å²) < 4.78 is 10.4. The van der Waals surface area contributed by atoms with E-state index in [4.69, 9.17) is 9.15 Å². The maximum absolute atomic E-state index is 12.0. The maximum Gasteiger partial charge on any atom is 0.234 e. The summed E-state index contributed by atoms with van der Waals surface area (Å²) in [5.41, 5.74) is 1.36. The van der Waals surface area contributed by atoms with Crippen LogP contribution in [0.25, 0.3) is 0 Å². The molecule has 1 aromatic heterocycles. The molecule has 0 bridgehead atoms. The Kier molecular flexibility index (Phi) is 5.54. The smallest absolute Gasteiger partial charge is 0.234 e. The van der Waals surface area contributed by atoms with Crippen LogP contribution >= 0.6 is 0 Å². The van der Waals surface area contributed by atoms with Gasteiger partial charge in [-0.2, -0.15) is 0 Å². The molecule has 24 heavy (non-hydrogen) atoms. The lowest BCUT2D eigenvalue weighted by Crippen LogP contribution is -2.40. The molecule has 128 valence electrons. The van der Waals surface area contributed by atoms with Gasteiger partial charge in [-0.15, -0.1) is 0 Å². The van der Waals surface area contributed by atoms with Crippen LogP contribution in [0.4, 0.5) is 0 Å². The van der Waals surface area contributed by atoms with Crippen molar-refractivity contribution in [1.82, 2.24) is 10.2 Å². The maximum atomic E-state index is 12.0. The van der Waals surface area contributed by atoms with Gasteiger partial charge >= 0.3 is 0 Å². The quantitative estimate of drug-likeness (QED) is 0.886. The second-order valence-corrected chi connectivity index (χ2v) is 6.18. The van der Waals surface area contributed by atoms with Crippen LogP contribution in [-0.4, -0.2) is 37.6 Å². The molecule has 1 saturated heterocycles. The van der Waals surface area contributed by atoms with E-state index in [1.165, 1.54) is 5.56 Å². The molecule has 1 aromatic carbocycles. The summed E-state index contributed by atoms with van der Waals surface area (Å²) in [5.74, 6) is 2.29. The van der Waals surface area contributed by atoms with Crippen molar-refractivity contribution in [3.63, 3.8) is 0 Å². The number of hydrogen-bond donors (Lipinski definition) is 1. The summed E-state index contributed by atoms with van der Waals surface area (Å²) in [4.78, 5) is 14.2. The molecule has 5 nitrogen and oxygen atoms in total. The minimum absolute atomic E-state index is 0.0503. The summed E-state index contributed by atoms with van der Waals surface area (Å²) >= 11 is 0. The van der Waals surface area contributed by atoms with Crippen molar-refractivity contribution in [3.05, 3.63) is 54.0 Å². The number of ether oxygens (including phenoxy) is 1. The standard InChI is InChI=1S/C19H24N2O3/c1-23-17-6-4-15(5-7-17)16-8-10-21(11-9-16)14-19(22)20-13-18-3-2-12-24-18/h2-7,12,16H,8-11,13-14H2,1H3,(H,20,22). The van der Waals surface area contributed by atoms with E-state index in [0.717, 1.165) is 37.4 Å². The van der Waals surface area contributed by atoms with Gasteiger partial charge in [-0.05, 0) is 61.7 Å². The molecular formula is C19H24N2O3. The molecule has 1 N–H and O–H groups in total. The van der Waals surface area contributed by atoms with Crippen LogP contribution in [0.3, 0.4) is 0 Å². The van der Waals surface area contributed by atoms with Gasteiger partial charge in [-0.1, -0.05) is 12.1 Å². The molecule has 1 aliphatic rings. The van der Waals surface area contributed by atoms with Gasteiger partial charge in [0, 0.05) is 0 Å². The molecule has 2 aromatic rings. The van der Waals surface area contributed by atoms with Crippen molar-refractivity contribution >= 4 is 5.91 Å². The number of hydrogen-bond acceptors (Lipinski definition) is 4. The topological polar surface area (TPSA) is 54.7 Å². The predicted octanol–water partition coefficient (Wildman–Crippen LogP) is 2.78. The molecule has 0 radical (unpaired) electrons. The molecule has 3 rings (SSSR count). The molecule has 0 atom stereocenters. The number of carbonyl (C=O) groups excluding carboxylic acids is 1. The second-order valence-electron chi connectivity index (χ2n) is 6.18. The van der Waals surface area contributed by atoms with Crippen molar-refractivity contribution < 1.29 is 13.9 Å². The average Bonchev–Trinajstić information content (AvgIpc) is 3.14. The van der Waals surface area contributed by atoms with Gasteiger partial charge in [0.05, 0.1) is 26.5 Å². The fourth-order valence-corrected chi connectivity index (χ4v) is 3.16. The van der Waals surface area contributed by atoms with Crippen molar-refractivity contribution in [2.24, 2.45) is 0 Å². The molecular weight excluding hydrogens is 304 g/mol. The predicted molar refractivity (Wildman–Crippen MR) is 92.0 cm³/mol. The summed E-state index contributed by atoms with van der Waals surface area (Å²) in [6.07, 6.45) is 3.78. The second kappa shape index (κ2) is 8.02. The van der Waals surface area contributed by atoms with Crippen molar-refractivity contribution in [3.8, 4) is 5.75 Å². The number of nitrogens with zero attached hydrogens (tertiary/aromatic N) is 1. The van der Waals surface area contributed by atoms with Gasteiger partial charge in [0.1, 0.15) is 11.5 Å².